The highest BCUT2D eigenvalue weighted by Gasteiger charge is 2.36. The van der Waals surface area contributed by atoms with Crippen molar-refractivity contribution in [2.45, 2.75) is 38.1 Å². The minimum atomic E-state index is -0.576. The maximum absolute atomic E-state index is 13.1. The fraction of sp³-hybridized carbons (Fsp3) is 0.268. The number of amides is 2. The third-order valence-corrected chi connectivity index (χ3v) is 10.0. The molecule has 3 aliphatic heterocycles. The van der Waals surface area contributed by atoms with Crippen LogP contribution in [0.5, 0.6) is 0 Å². The molecule has 0 spiro atoms. The first-order valence-electron chi connectivity index (χ1n) is 17.4. The first kappa shape index (κ1) is 32.9. The van der Waals surface area contributed by atoms with Crippen LogP contribution in [0.25, 0.3) is 11.1 Å². The van der Waals surface area contributed by atoms with Gasteiger partial charge in [-0.1, -0.05) is 84.9 Å². The van der Waals surface area contributed by atoms with Gasteiger partial charge in [0.25, 0.3) is 11.8 Å². The fourth-order valence-corrected chi connectivity index (χ4v) is 7.22. The second-order valence-corrected chi connectivity index (χ2v) is 13.2. The van der Waals surface area contributed by atoms with Crippen LogP contribution in [0.2, 0.25) is 0 Å². The maximum Gasteiger partial charge on any atom is 0.261 e. The van der Waals surface area contributed by atoms with Gasteiger partial charge in [-0.15, -0.1) is 0 Å². The van der Waals surface area contributed by atoms with E-state index in [9.17, 15) is 14.7 Å². The van der Waals surface area contributed by atoms with Crippen LogP contribution in [0.15, 0.2) is 116 Å². The average Bonchev–Trinajstić information content (AvgIpc) is 3.43. The predicted octanol–water partition coefficient (Wildman–Crippen LogP) is 5.80. The van der Waals surface area contributed by atoms with Crippen molar-refractivity contribution in [2.24, 2.45) is 0 Å². The SMILES string of the molecule is O=C1c2ccccc2C(=O)N1Cc1ccccc1-c1ccc([C@H]2O[C@@H](CN3CCN(c4ncccn4)CC3)C[C@@H](c3ccc(CO)cc3)O2)cc1. The van der Waals surface area contributed by atoms with E-state index in [-0.39, 0.29) is 37.2 Å². The Labute approximate surface area is 296 Å². The first-order valence-corrected chi connectivity index (χ1v) is 17.4. The Balaban J connectivity index is 0.993. The summed E-state index contributed by atoms with van der Waals surface area (Å²) in [7, 11) is 0. The largest absolute Gasteiger partial charge is 0.392 e. The van der Waals surface area contributed by atoms with Crippen LogP contribution in [0.3, 0.4) is 0 Å². The molecule has 10 nitrogen and oxygen atoms in total. The first-order chi connectivity index (χ1) is 25.0. The molecule has 8 rings (SSSR count). The zero-order chi connectivity index (χ0) is 34.7. The van der Waals surface area contributed by atoms with Gasteiger partial charge in [0, 0.05) is 57.1 Å². The van der Waals surface area contributed by atoms with Crippen molar-refractivity contribution in [1.29, 1.82) is 0 Å². The number of piperazine rings is 1. The lowest BCUT2D eigenvalue weighted by Gasteiger charge is -2.40. The van der Waals surface area contributed by atoms with Gasteiger partial charge in [0.05, 0.1) is 36.5 Å². The Morgan fingerprint density at radius 1 is 0.686 bits per heavy atom. The maximum atomic E-state index is 13.1. The molecule has 5 aromatic rings. The average molecular weight is 682 g/mol. The van der Waals surface area contributed by atoms with Crippen molar-refractivity contribution >= 4 is 17.8 Å². The number of carbonyl (C=O) groups excluding carboxylic acids is 2. The Morgan fingerprint density at radius 2 is 1.31 bits per heavy atom. The monoisotopic (exact) mass is 681 g/mol. The Kier molecular flexibility index (Phi) is 9.38. The molecule has 3 aliphatic rings. The van der Waals surface area contributed by atoms with Crippen molar-refractivity contribution in [3.05, 3.63) is 149 Å². The summed E-state index contributed by atoms with van der Waals surface area (Å²) in [5.74, 6) is 0.227. The molecule has 10 heteroatoms. The Bertz CT molecular complexity index is 1960. The number of aromatic nitrogens is 2. The number of imide groups is 1. The van der Waals surface area contributed by atoms with Crippen LogP contribution < -0.4 is 4.90 Å². The molecule has 1 aromatic heterocycles. The van der Waals surface area contributed by atoms with Crippen LogP contribution in [0.4, 0.5) is 5.95 Å². The van der Waals surface area contributed by atoms with Crippen molar-refractivity contribution < 1.29 is 24.2 Å². The van der Waals surface area contributed by atoms with Gasteiger partial charge in [0.1, 0.15) is 0 Å². The van der Waals surface area contributed by atoms with E-state index in [1.165, 1.54) is 4.90 Å². The zero-order valence-corrected chi connectivity index (χ0v) is 28.2. The third kappa shape index (κ3) is 6.91. The normalized spacial score (nSPS) is 20.8. The highest BCUT2D eigenvalue weighted by atomic mass is 16.7. The summed E-state index contributed by atoms with van der Waals surface area (Å²) in [4.78, 5) is 41.1. The van der Waals surface area contributed by atoms with Gasteiger partial charge < -0.3 is 19.5 Å². The van der Waals surface area contributed by atoms with Crippen molar-refractivity contribution in [3.63, 3.8) is 0 Å². The number of anilines is 1. The molecule has 0 radical (unpaired) electrons. The molecule has 2 saturated heterocycles. The van der Waals surface area contributed by atoms with Gasteiger partial charge in [0.15, 0.2) is 6.29 Å². The number of hydrogen-bond donors (Lipinski definition) is 1. The van der Waals surface area contributed by atoms with E-state index in [0.717, 1.165) is 72.1 Å². The number of hydrogen-bond acceptors (Lipinski definition) is 9. The fourth-order valence-electron chi connectivity index (χ4n) is 7.22. The summed E-state index contributed by atoms with van der Waals surface area (Å²) in [6.45, 7) is 4.41. The van der Waals surface area contributed by atoms with E-state index in [4.69, 9.17) is 9.47 Å². The summed E-state index contributed by atoms with van der Waals surface area (Å²) < 4.78 is 13.3. The molecular weight excluding hydrogens is 642 g/mol. The molecule has 0 aliphatic carbocycles. The Morgan fingerprint density at radius 3 is 1.98 bits per heavy atom. The molecule has 258 valence electrons. The molecule has 4 heterocycles. The molecular formula is C41H39N5O5. The van der Waals surface area contributed by atoms with E-state index in [0.29, 0.717) is 17.5 Å². The summed E-state index contributed by atoms with van der Waals surface area (Å²) in [6, 6.07) is 32.8. The standard InChI is InChI=1S/C41H39N5O5/c47-27-28-10-12-30(13-11-28)37-24-33(26-44-20-22-45(23-21-44)41-42-18-5-19-43-41)50-40(51-37)31-16-14-29(15-17-31)34-7-2-1-6-32(34)25-46-38(48)35-8-3-4-9-36(35)39(46)49/h1-19,33,37,40,47H,20-27H2/t33-,37+,40+/m1/s1. The summed E-state index contributed by atoms with van der Waals surface area (Å²) in [6.07, 6.45) is 3.45. The molecule has 0 unspecified atom stereocenters. The van der Waals surface area contributed by atoms with Crippen molar-refractivity contribution in [2.75, 3.05) is 37.6 Å². The van der Waals surface area contributed by atoms with Crippen LogP contribution in [0, 0.1) is 0 Å². The number of rotatable bonds is 9. The lowest BCUT2D eigenvalue weighted by Crippen LogP contribution is -2.50. The van der Waals surface area contributed by atoms with E-state index < -0.39 is 6.29 Å². The number of fused-ring (bicyclic) bond motifs is 1. The summed E-state index contributed by atoms with van der Waals surface area (Å²) in [5.41, 5.74) is 6.51. The number of benzene rings is 4. The highest BCUT2D eigenvalue weighted by molar-refractivity contribution is 6.21. The van der Waals surface area contributed by atoms with Crippen molar-refractivity contribution in [1.82, 2.24) is 19.8 Å². The lowest BCUT2D eigenvalue weighted by atomic mass is 9.97. The Hall–Kier alpha value is -5.26. The second kappa shape index (κ2) is 14.5. The smallest absolute Gasteiger partial charge is 0.261 e. The molecule has 1 N–H and O–H groups in total. The predicted molar refractivity (Wildman–Crippen MR) is 192 cm³/mol. The minimum Gasteiger partial charge on any atom is -0.392 e. The van der Waals surface area contributed by atoms with Crippen LogP contribution in [-0.4, -0.2) is 75.5 Å². The minimum absolute atomic E-state index is 0.00601. The number of aliphatic hydroxyl groups excluding tert-OH is 1. The highest BCUT2D eigenvalue weighted by Crippen LogP contribution is 2.39. The number of aliphatic hydroxyl groups is 1. The van der Waals surface area contributed by atoms with E-state index in [1.54, 1.807) is 36.7 Å². The van der Waals surface area contributed by atoms with Gasteiger partial charge in [-0.25, -0.2) is 9.97 Å². The van der Waals surface area contributed by atoms with E-state index >= 15 is 0 Å². The molecule has 2 fully saturated rings. The van der Waals surface area contributed by atoms with Crippen LogP contribution in [0.1, 0.15) is 61.8 Å². The van der Waals surface area contributed by atoms with E-state index in [1.807, 2.05) is 78.9 Å². The molecule has 51 heavy (non-hydrogen) atoms. The summed E-state index contributed by atoms with van der Waals surface area (Å²) in [5, 5.41) is 9.60. The van der Waals surface area contributed by atoms with Crippen LogP contribution in [-0.2, 0) is 22.6 Å². The van der Waals surface area contributed by atoms with Gasteiger partial charge in [-0.05, 0) is 46.0 Å². The quantitative estimate of drug-likeness (QED) is 0.193. The molecule has 2 amide bonds. The zero-order valence-electron chi connectivity index (χ0n) is 28.2. The van der Waals surface area contributed by atoms with Gasteiger partial charge in [-0.2, -0.15) is 0 Å². The number of nitrogens with zero attached hydrogens (tertiary/aromatic N) is 5. The van der Waals surface area contributed by atoms with Crippen LogP contribution >= 0.6 is 0 Å². The number of ether oxygens (including phenoxy) is 2. The van der Waals surface area contributed by atoms with Gasteiger partial charge in [-0.3, -0.25) is 19.4 Å². The summed E-state index contributed by atoms with van der Waals surface area (Å²) >= 11 is 0. The third-order valence-electron chi connectivity index (χ3n) is 10.0. The van der Waals surface area contributed by atoms with Gasteiger partial charge in [0.2, 0.25) is 5.95 Å². The van der Waals surface area contributed by atoms with Crippen molar-refractivity contribution in [3.8, 4) is 11.1 Å². The lowest BCUT2D eigenvalue weighted by molar-refractivity contribution is -0.253. The molecule has 0 saturated carbocycles. The van der Waals surface area contributed by atoms with E-state index in [2.05, 4.69) is 19.8 Å². The molecule has 4 aromatic carbocycles. The molecule has 3 atom stereocenters. The number of carbonyl (C=O) groups is 2. The second-order valence-electron chi connectivity index (χ2n) is 13.2. The topological polar surface area (TPSA) is 108 Å². The van der Waals surface area contributed by atoms with Gasteiger partial charge >= 0.3 is 0 Å². The molecule has 0 bridgehead atoms.